The van der Waals surface area contributed by atoms with Gasteiger partial charge in [-0.1, -0.05) is 0 Å². The number of hydrogen-bond acceptors (Lipinski definition) is 5. The van der Waals surface area contributed by atoms with Crippen LogP contribution in [0.4, 0.5) is 9.59 Å². The maximum atomic E-state index is 12.3. The van der Waals surface area contributed by atoms with Gasteiger partial charge in [0.25, 0.3) is 0 Å². The first kappa shape index (κ1) is 25.1. The van der Waals surface area contributed by atoms with Crippen molar-refractivity contribution in [2.24, 2.45) is 16.6 Å². The molecule has 2 rings (SSSR count). The zero-order chi connectivity index (χ0) is 23.2. The summed E-state index contributed by atoms with van der Waals surface area (Å²) in [5.74, 6) is 0.922. The molecule has 2 fully saturated rings. The van der Waals surface area contributed by atoms with E-state index in [1.807, 2.05) is 51.3 Å². The second-order valence-electron chi connectivity index (χ2n) is 10.4. The smallest absolute Gasteiger partial charge is 0.410 e. The SMILES string of the molecule is CC(C)(C)OC(=O)N1CCN(C(N)=NCCC2CCCN(C(=O)OC(C)(C)C)C2)CC1. The molecular formula is C22H41N5O4. The highest BCUT2D eigenvalue weighted by molar-refractivity contribution is 5.78. The monoisotopic (exact) mass is 439 g/mol. The van der Waals surface area contributed by atoms with Crippen LogP contribution in [0.3, 0.4) is 0 Å². The fourth-order valence-electron chi connectivity index (χ4n) is 3.70. The highest BCUT2D eigenvalue weighted by atomic mass is 16.6. The number of hydrogen-bond donors (Lipinski definition) is 1. The van der Waals surface area contributed by atoms with Crippen molar-refractivity contribution in [3.05, 3.63) is 0 Å². The van der Waals surface area contributed by atoms with E-state index in [1.54, 1.807) is 4.90 Å². The molecule has 2 heterocycles. The Morgan fingerprint density at radius 3 is 1.94 bits per heavy atom. The number of ether oxygens (including phenoxy) is 2. The fourth-order valence-corrected chi connectivity index (χ4v) is 3.70. The second-order valence-corrected chi connectivity index (χ2v) is 10.4. The third-order valence-corrected chi connectivity index (χ3v) is 5.24. The van der Waals surface area contributed by atoms with Gasteiger partial charge in [-0.15, -0.1) is 0 Å². The Morgan fingerprint density at radius 1 is 0.871 bits per heavy atom. The van der Waals surface area contributed by atoms with E-state index < -0.39 is 11.2 Å². The third kappa shape index (κ3) is 8.83. The number of guanidine groups is 1. The standard InChI is InChI=1S/C22H41N5O4/c1-21(2,3)30-19(28)26-14-12-25(13-15-26)18(23)24-10-9-17-8-7-11-27(16-17)20(29)31-22(4,5)6/h17H,7-16H2,1-6H3,(H2,23,24). The number of likely N-dealkylation sites (tertiary alicyclic amines) is 1. The van der Waals surface area contributed by atoms with Crippen LogP contribution in [0.2, 0.25) is 0 Å². The van der Waals surface area contributed by atoms with Gasteiger partial charge in [0.05, 0.1) is 0 Å². The lowest BCUT2D eigenvalue weighted by Crippen LogP contribution is -2.53. The molecule has 2 aliphatic heterocycles. The molecule has 0 spiro atoms. The fraction of sp³-hybridized carbons (Fsp3) is 0.864. The molecule has 31 heavy (non-hydrogen) atoms. The van der Waals surface area contributed by atoms with Crippen molar-refractivity contribution >= 4 is 18.1 Å². The van der Waals surface area contributed by atoms with Crippen LogP contribution >= 0.6 is 0 Å². The number of nitrogens with two attached hydrogens (primary N) is 1. The van der Waals surface area contributed by atoms with Crippen LogP contribution in [-0.2, 0) is 9.47 Å². The Labute approximate surface area is 186 Å². The number of carbonyl (C=O) groups is 2. The van der Waals surface area contributed by atoms with Crippen LogP contribution in [0.1, 0.15) is 60.8 Å². The Bertz CT molecular complexity index is 645. The first-order chi connectivity index (χ1) is 14.3. The van der Waals surface area contributed by atoms with Crippen LogP contribution in [-0.4, -0.2) is 89.9 Å². The van der Waals surface area contributed by atoms with E-state index >= 15 is 0 Å². The maximum absolute atomic E-state index is 12.3. The van der Waals surface area contributed by atoms with E-state index in [2.05, 4.69) is 4.99 Å². The number of piperidine rings is 1. The molecule has 0 bridgehead atoms. The summed E-state index contributed by atoms with van der Waals surface area (Å²) in [6.45, 7) is 15.8. The van der Waals surface area contributed by atoms with Crippen LogP contribution in [0.5, 0.6) is 0 Å². The molecule has 0 saturated carbocycles. The average Bonchev–Trinajstić information content (AvgIpc) is 2.65. The summed E-state index contributed by atoms with van der Waals surface area (Å²) in [5, 5.41) is 0. The van der Waals surface area contributed by atoms with E-state index in [1.165, 1.54) is 0 Å². The predicted molar refractivity (Wildman–Crippen MR) is 121 cm³/mol. The Hall–Kier alpha value is -2.19. The Morgan fingerprint density at radius 2 is 1.39 bits per heavy atom. The van der Waals surface area contributed by atoms with Gasteiger partial charge in [-0.2, -0.15) is 0 Å². The van der Waals surface area contributed by atoms with Gasteiger partial charge in [0.2, 0.25) is 0 Å². The zero-order valence-electron chi connectivity index (χ0n) is 20.1. The molecular weight excluding hydrogens is 398 g/mol. The summed E-state index contributed by atoms with van der Waals surface area (Å²) in [4.78, 5) is 34.6. The molecule has 2 saturated heterocycles. The molecule has 0 aromatic rings. The van der Waals surface area contributed by atoms with Crippen molar-refractivity contribution in [1.82, 2.24) is 14.7 Å². The summed E-state index contributed by atoms with van der Waals surface area (Å²) < 4.78 is 10.9. The first-order valence-electron chi connectivity index (χ1n) is 11.3. The van der Waals surface area contributed by atoms with Gasteiger partial charge in [-0.3, -0.25) is 4.99 Å². The molecule has 2 N–H and O–H groups in total. The van der Waals surface area contributed by atoms with Crippen molar-refractivity contribution in [3.8, 4) is 0 Å². The second kappa shape index (κ2) is 10.4. The van der Waals surface area contributed by atoms with Gasteiger partial charge in [0.15, 0.2) is 5.96 Å². The highest BCUT2D eigenvalue weighted by Crippen LogP contribution is 2.22. The van der Waals surface area contributed by atoms with E-state index in [4.69, 9.17) is 15.2 Å². The summed E-state index contributed by atoms with van der Waals surface area (Å²) in [6.07, 6.45) is 2.44. The van der Waals surface area contributed by atoms with Crippen LogP contribution in [0.15, 0.2) is 4.99 Å². The Kier molecular flexibility index (Phi) is 8.42. The molecule has 1 atom stereocenters. The number of carbonyl (C=O) groups excluding carboxylic acids is 2. The van der Waals surface area contributed by atoms with Gasteiger partial charge < -0.3 is 29.9 Å². The van der Waals surface area contributed by atoms with Crippen molar-refractivity contribution in [3.63, 3.8) is 0 Å². The summed E-state index contributed by atoms with van der Waals surface area (Å²) in [7, 11) is 0. The number of amides is 2. The molecule has 0 aromatic carbocycles. The minimum absolute atomic E-state index is 0.233. The lowest BCUT2D eigenvalue weighted by Gasteiger charge is -2.36. The number of nitrogens with zero attached hydrogens (tertiary/aromatic N) is 4. The Balaban J connectivity index is 1.74. The van der Waals surface area contributed by atoms with Gasteiger partial charge >= 0.3 is 12.2 Å². The molecule has 9 heteroatoms. The van der Waals surface area contributed by atoms with Crippen LogP contribution < -0.4 is 5.73 Å². The minimum atomic E-state index is -0.493. The minimum Gasteiger partial charge on any atom is -0.444 e. The lowest BCUT2D eigenvalue weighted by molar-refractivity contribution is 0.0161. The van der Waals surface area contributed by atoms with Gasteiger partial charge in [-0.05, 0) is 66.7 Å². The summed E-state index contributed by atoms with van der Waals surface area (Å²) in [5.41, 5.74) is 5.22. The average molecular weight is 440 g/mol. The third-order valence-electron chi connectivity index (χ3n) is 5.24. The van der Waals surface area contributed by atoms with E-state index in [0.29, 0.717) is 51.1 Å². The largest absolute Gasteiger partial charge is 0.444 e. The van der Waals surface area contributed by atoms with Gasteiger partial charge in [-0.25, -0.2) is 9.59 Å². The summed E-state index contributed by atoms with van der Waals surface area (Å²) >= 11 is 0. The van der Waals surface area contributed by atoms with E-state index in [0.717, 1.165) is 25.8 Å². The molecule has 1 unspecified atom stereocenters. The quantitative estimate of drug-likeness (QED) is 0.536. The number of piperazine rings is 1. The normalized spacial score (nSPS) is 21.2. The topological polar surface area (TPSA) is 101 Å². The zero-order valence-corrected chi connectivity index (χ0v) is 20.1. The van der Waals surface area contributed by atoms with E-state index in [9.17, 15) is 9.59 Å². The highest BCUT2D eigenvalue weighted by Gasteiger charge is 2.28. The van der Waals surface area contributed by atoms with E-state index in [-0.39, 0.29) is 12.2 Å². The van der Waals surface area contributed by atoms with Crippen molar-refractivity contribution in [2.45, 2.75) is 72.0 Å². The van der Waals surface area contributed by atoms with Gasteiger partial charge in [0, 0.05) is 45.8 Å². The van der Waals surface area contributed by atoms with Crippen LogP contribution in [0, 0.1) is 5.92 Å². The van der Waals surface area contributed by atoms with Crippen molar-refractivity contribution in [2.75, 3.05) is 45.8 Å². The molecule has 0 radical (unpaired) electrons. The molecule has 9 nitrogen and oxygen atoms in total. The molecule has 2 amide bonds. The maximum Gasteiger partial charge on any atom is 0.410 e. The van der Waals surface area contributed by atoms with Crippen molar-refractivity contribution < 1.29 is 19.1 Å². The molecule has 0 aromatic heterocycles. The lowest BCUT2D eigenvalue weighted by atomic mass is 9.95. The first-order valence-corrected chi connectivity index (χ1v) is 11.3. The summed E-state index contributed by atoms with van der Waals surface area (Å²) in [6, 6.07) is 0. The number of aliphatic imine (C=N–C) groups is 1. The molecule has 0 aliphatic carbocycles. The number of rotatable bonds is 3. The molecule has 2 aliphatic rings. The van der Waals surface area contributed by atoms with Crippen LogP contribution in [0.25, 0.3) is 0 Å². The molecule has 178 valence electrons. The van der Waals surface area contributed by atoms with Gasteiger partial charge in [0.1, 0.15) is 11.2 Å². The van der Waals surface area contributed by atoms with Crippen molar-refractivity contribution in [1.29, 1.82) is 0 Å². The predicted octanol–water partition coefficient (Wildman–Crippen LogP) is 2.89.